The van der Waals surface area contributed by atoms with E-state index in [1.54, 1.807) is 18.3 Å². The number of pyridine rings is 1. The van der Waals surface area contributed by atoms with Gasteiger partial charge in [0, 0.05) is 11.2 Å². The van der Waals surface area contributed by atoms with Crippen molar-refractivity contribution in [1.29, 1.82) is 0 Å². The summed E-state index contributed by atoms with van der Waals surface area (Å²) in [6.45, 7) is 0.505. The van der Waals surface area contributed by atoms with Crippen LogP contribution in [-0.2, 0) is 4.74 Å². The Bertz CT molecular complexity index is 912. The van der Waals surface area contributed by atoms with Crippen LogP contribution in [0.2, 0.25) is 5.02 Å². The van der Waals surface area contributed by atoms with Gasteiger partial charge in [0.1, 0.15) is 18.4 Å². The molecule has 2 aromatic carbocycles. The number of benzene rings is 2. The van der Waals surface area contributed by atoms with Gasteiger partial charge in [0.25, 0.3) is 0 Å². The molecule has 0 radical (unpaired) electrons. The van der Waals surface area contributed by atoms with Gasteiger partial charge in [-0.15, -0.1) is 0 Å². The summed E-state index contributed by atoms with van der Waals surface area (Å²) in [4.78, 5) is 9.02. The topological polar surface area (TPSA) is 43.7 Å². The van der Waals surface area contributed by atoms with E-state index >= 15 is 0 Å². The second kappa shape index (κ2) is 6.95. The molecule has 0 saturated carbocycles. The lowest BCUT2D eigenvalue weighted by Gasteiger charge is -2.09. The highest BCUT2D eigenvalue weighted by molar-refractivity contribution is 6.30. The summed E-state index contributed by atoms with van der Waals surface area (Å²) in [5.41, 5.74) is 1.85. The van der Waals surface area contributed by atoms with Crippen molar-refractivity contribution < 1.29 is 9.47 Å². The van der Waals surface area contributed by atoms with Gasteiger partial charge >= 0.3 is 0 Å². The van der Waals surface area contributed by atoms with Crippen molar-refractivity contribution in [2.75, 3.05) is 6.61 Å². The predicted molar refractivity (Wildman–Crippen MR) is 97.4 cm³/mol. The Morgan fingerprint density at radius 3 is 2.72 bits per heavy atom. The third-order valence-corrected chi connectivity index (χ3v) is 4.08. The standard InChI is InChI=1S/C20H15ClN2O2/c21-15-8-4-9-16(12-15)25-19-17(10-5-11-22-19)20-23-18(13-24-20)14-6-2-1-3-7-14/h1-12,18H,13H2/t18-/m1/s1. The van der Waals surface area contributed by atoms with Crippen molar-refractivity contribution in [2.45, 2.75) is 6.04 Å². The molecule has 5 heteroatoms. The van der Waals surface area contributed by atoms with Crippen LogP contribution in [0.1, 0.15) is 17.2 Å². The first-order valence-corrected chi connectivity index (χ1v) is 8.32. The Labute approximate surface area is 150 Å². The Hall–Kier alpha value is -2.85. The largest absolute Gasteiger partial charge is 0.475 e. The molecule has 0 spiro atoms. The van der Waals surface area contributed by atoms with Crippen molar-refractivity contribution >= 4 is 17.5 Å². The third kappa shape index (κ3) is 3.49. The predicted octanol–water partition coefficient (Wildman–Crippen LogP) is 5.05. The number of nitrogens with zero attached hydrogens (tertiary/aromatic N) is 2. The van der Waals surface area contributed by atoms with Crippen LogP contribution < -0.4 is 4.74 Å². The van der Waals surface area contributed by atoms with E-state index in [0.717, 1.165) is 11.1 Å². The van der Waals surface area contributed by atoms with Gasteiger partial charge in [-0.3, -0.25) is 0 Å². The lowest BCUT2D eigenvalue weighted by molar-refractivity contribution is 0.318. The highest BCUT2D eigenvalue weighted by Crippen LogP contribution is 2.30. The van der Waals surface area contributed by atoms with E-state index < -0.39 is 0 Å². The second-order valence-corrected chi connectivity index (χ2v) is 6.02. The number of rotatable bonds is 4. The van der Waals surface area contributed by atoms with Gasteiger partial charge in [-0.2, -0.15) is 0 Å². The van der Waals surface area contributed by atoms with Gasteiger partial charge in [0.2, 0.25) is 11.8 Å². The summed E-state index contributed by atoms with van der Waals surface area (Å²) in [6.07, 6.45) is 1.67. The average molecular weight is 351 g/mol. The molecule has 1 aliphatic rings. The molecular weight excluding hydrogens is 336 g/mol. The van der Waals surface area contributed by atoms with Crippen molar-refractivity contribution in [3.05, 3.63) is 89.1 Å². The molecule has 0 N–H and O–H groups in total. The van der Waals surface area contributed by atoms with Gasteiger partial charge in [-0.05, 0) is 35.9 Å². The number of halogens is 1. The normalized spacial score (nSPS) is 16.2. The fraction of sp³-hybridized carbons (Fsp3) is 0.100. The zero-order chi connectivity index (χ0) is 17.1. The van der Waals surface area contributed by atoms with Crippen molar-refractivity contribution in [2.24, 2.45) is 4.99 Å². The van der Waals surface area contributed by atoms with Crippen molar-refractivity contribution in [3.8, 4) is 11.6 Å². The summed E-state index contributed by atoms with van der Waals surface area (Å²) in [5, 5.41) is 0.605. The first-order chi connectivity index (χ1) is 12.3. The van der Waals surface area contributed by atoms with Crippen LogP contribution in [0.25, 0.3) is 0 Å². The molecule has 0 bridgehead atoms. The molecule has 4 nitrogen and oxygen atoms in total. The molecule has 124 valence electrons. The summed E-state index contributed by atoms with van der Waals surface area (Å²) in [5.74, 6) is 1.60. The van der Waals surface area contributed by atoms with E-state index in [4.69, 9.17) is 26.1 Å². The number of aromatic nitrogens is 1. The molecule has 1 atom stereocenters. The molecule has 1 aliphatic heterocycles. The summed E-state index contributed by atoms with van der Waals surface area (Å²) < 4.78 is 11.7. The molecule has 25 heavy (non-hydrogen) atoms. The maximum atomic E-state index is 6.02. The van der Waals surface area contributed by atoms with Crippen LogP contribution in [0.15, 0.2) is 77.9 Å². The number of ether oxygens (including phenoxy) is 2. The average Bonchev–Trinajstić information content (AvgIpc) is 3.13. The maximum absolute atomic E-state index is 6.02. The molecule has 3 aromatic rings. The van der Waals surface area contributed by atoms with E-state index in [1.807, 2.05) is 54.6 Å². The third-order valence-electron chi connectivity index (χ3n) is 3.85. The van der Waals surface area contributed by atoms with Crippen molar-refractivity contribution in [3.63, 3.8) is 0 Å². The molecule has 0 unspecified atom stereocenters. The quantitative estimate of drug-likeness (QED) is 0.661. The Balaban J connectivity index is 1.63. The molecule has 2 heterocycles. The molecule has 0 fully saturated rings. The van der Waals surface area contributed by atoms with Crippen molar-refractivity contribution in [1.82, 2.24) is 4.98 Å². The fourth-order valence-corrected chi connectivity index (χ4v) is 2.82. The highest BCUT2D eigenvalue weighted by atomic mass is 35.5. The summed E-state index contributed by atoms with van der Waals surface area (Å²) in [6, 6.07) is 21.0. The zero-order valence-electron chi connectivity index (χ0n) is 13.3. The smallest absolute Gasteiger partial charge is 0.231 e. The second-order valence-electron chi connectivity index (χ2n) is 5.59. The first-order valence-electron chi connectivity index (χ1n) is 7.94. The van der Waals surface area contributed by atoms with E-state index in [1.165, 1.54) is 0 Å². The monoisotopic (exact) mass is 350 g/mol. The lowest BCUT2D eigenvalue weighted by Crippen LogP contribution is -2.04. The number of aliphatic imine (C=N–C) groups is 1. The summed E-state index contributed by atoms with van der Waals surface area (Å²) in [7, 11) is 0. The summed E-state index contributed by atoms with van der Waals surface area (Å²) >= 11 is 6.02. The molecule has 0 saturated heterocycles. The fourth-order valence-electron chi connectivity index (χ4n) is 2.64. The van der Waals surface area contributed by atoms with Gasteiger partial charge in [-0.1, -0.05) is 48.0 Å². The van der Waals surface area contributed by atoms with E-state index in [2.05, 4.69) is 4.98 Å². The van der Waals surface area contributed by atoms with Crippen LogP contribution in [0.3, 0.4) is 0 Å². The Morgan fingerprint density at radius 2 is 1.88 bits per heavy atom. The Morgan fingerprint density at radius 1 is 1.00 bits per heavy atom. The SMILES string of the molecule is Clc1cccc(Oc2ncccc2C2=N[C@@H](c3ccccc3)CO2)c1. The maximum Gasteiger partial charge on any atom is 0.231 e. The first kappa shape index (κ1) is 15.7. The molecule has 0 amide bonds. The minimum absolute atomic E-state index is 0.0181. The minimum atomic E-state index is -0.0181. The molecule has 0 aliphatic carbocycles. The molecular formula is C20H15ClN2O2. The minimum Gasteiger partial charge on any atom is -0.475 e. The van der Waals surface area contributed by atoms with Gasteiger partial charge in [0.15, 0.2) is 0 Å². The van der Waals surface area contributed by atoms with Gasteiger partial charge in [-0.25, -0.2) is 9.98 Å². The van der Waals surface area contributed by atoms with Gasteiger partial charge < -0.3 is 9.47 Å². The van der Waals surface area contributed by atoms with Crippen LogP contribution in [0.5, 0.6) is 11.6 Å². The van der Waals surface area contributed by atoms with E-state index in [0.29, 0.717) is 29.2 Å². The highest BCUT2D eigenvalue weighted by Gasteiger charge is 2.24. The number of hydrogen-bond donors (Lipinski definition) is 0. The van der Waals surface area contributed by atoms with Crippen LogP contribution in [0.4, 0.5) is 0 Å². The lowest BCUT2D eigenvalue weighted by atomic mass is 10.1. The van der Waals surface area contributed by atoms with Gasteiger partial charge in [0.05, 0.1) is 5.56 Å². The van der Waals surface area contributed by atoms with E-state index in [9.17, 15) is 0 Å². The zero-order valence-corrected chi connectivity index (χ0v) is 14.1. The number of hydrogen-bond acceptors (Lipinski definition) is 4. The van der Waals surface area contributed by atoms with E-state index in [-0.39, 0.29) is 6.04 Å². The van der Waals surface area contributed by atoms with Crippen LogP contribution in [0, 0.1) is 0 Å². The van der Waals surface area contributed by atoms with Crippen LogP contribution >= 0.6 is 11.6 Å². The molecule has 4 rings (SSSR count). The Kier molecular flexibility index (Phi) is 4.36. The molecule has 1 aromatic heterocycles. The van der Waals surface area contributed by atoms with Crippen LogP contribution in [-0.4, -0.2) is 17.5 Å².